The van der Waals surface area contributed by atoms with Crippen molar-refractivity contribution in [3.8, 4) is 0 Å². The maximum absolute atomic E-state index is 4.16. The molecule has 0 saturated heterocycles. The lowest BCUT2D eigenvalue weighted by atomic mass is 10.3. The molecule has 3 nitrogen and oxygen atoms in total. The summed E-state index contributed by atoms with van der Waals surface area (Å²) in [6, 6.07) is 3.97. The third-order valence-corrected chi connectivity index (χ3v) is 2.43. The standard InChI is InChI=1S/C10H14BrN3/c1-8(12-2)14(3)7-9-4-5-10(11)13-6-9/h4-6,12H,1,7H2,2-3H3. The van der Waals surface area contributed by atoms with Crippen molar-refractivity contribution in [1.82, 2.24) is 15.2 Å². The highest BCUT2D eigenvalue weighted by Crippen LogP contribution is 2.09. The maximum Gasteiger partial charge on any atom is 0.106 e. The average molecular weight is 256 g/mol. The molecule has 0 amide bonds. The second-order valence-electron chi connectivity index (χ2n) is 3.04. The van der Waals surface area contributed by atoms with Crippen LogP contribution >= 0.6 is 15.9 Å². The number of nitrogens with one attached hydrogen (secondary N) is 1. The molecule has 4 heteroatoms. The third-order valence-electron chi connectivity index (χ3n) is 1.96. The van der Waals surface area contributed by atoms with Crippen LogP contribution in [0.25, 0.3) is 0 Å². The topological polar surface area (TPSA) is 28.2 Å². The normalized spacial score (nSPS) is 9.64. The van der Waals surface area contributed by atoms with Crippen molar-refractivity contribution < 1.29 is 0 Å². The Balaban J connectivity index is 2.60. The predicted octanol–water partition coefficient (Wildman–Crippen LogP) is 1.97. The SMILES string of the molecule is C=C(NC)N(C)Cc1ccc(Br)nc1. The Kier molecular flexibility index (Phi) is 3.95. The van der Waals surface area contributed by atoms with Gasteiger partial charge in [-0.15, -0.1) is 0 Å². The van der Waals surface area contributed by atoms with Crippen LogP contribution in [0.15, 0.2) is 35.3 Å². The van der Waals surface area contributed by atoms with E-state index in [1.54, 1.807) is 0 Å². The summed E-state index contributed by atoms with van der Waals surface area (Å²) >= 11 is 3.30. The molecular formula is C10H14BrN3. The van der Waals surface area contributed by atoms with E-state index < -0.39 is 0 Å². The largest absolute Gasteiger partial charge is 0.375 e. The van der Waals surface area contributed by atoms with Crippen LogP contribution in [0.5, 0.6) is 0 Å². The summed E-state index contributed by atoms with van der Waals surface area (Å²) < 4.78 is 0.858. The molecule has 0 atom stereocenters. The van der Waals surface area contributed by atoms with E-state index in [-0.39, 0.29) is 0 Å². The Morgan fingerprint density at radius 1 is 1.64 bits per heavy atom. The number of rotatable bonds is 4. The van der Waals surface area contributed by atoms with Gasteiger partial charge in [0.2, 0.25) is 0 Å². The zero-order valence-corrected chi connectivity index (χ0v) is 10.0. The van der Waals surface area contributed by atoms with E-state index >= 15 is 0 Å². The zero-order valence-electron chi connectivity index (χ0n) is 8.42. The van der Waals surface area contributed by atoms with E-state index in [2.05, 4.69) is 32.8 Å². The minimum atomic E-state index is 0.806. The molecular weight excluding hydrogens is 242 g/mol. The molecule has 0 aliphatic rings. The first-order valence-electron chi connectivity index (χ1n) is 4.31. The van der Waals surface area contributed by atoms with Crippen molar-refractivity contribution in [1.29, 1.82) is 0 Å². The maximum atomic E-state index is 4.16. The van der Waals surface area contributed by atoms with Crippen LogP contribution in [-0.2, 0) is 6.54 Å². The highest BCUT2D eigenvalue weighted by atomic mass is 79.9. The van der Waals surface area contributed by atoms with Gasteiger partial charge in [-0.3, -0.25) is 0 Å². The lowest BCUT2D eigenvalue weighted by Crippen LogP contribution is -2.24. The number of hydrogen-bond donors (Lipinski definition) is 1. The highest BCUT2D eigenvalue weighted by Gasteiger charge is 2.01. The molecule has 0 fully saturated rings. The Hall–Kier alpha value is -1.03. The van der Waals surface area contributed by atoms with Crippen molar-refractivity contribution in [2.24, 2.45) is 0 Å². The molecule has 1 N–H and O–H groups in total. The number of pyridine rings is 1. The van der Waals surface area contributed by atoms with Gasteiger partial charge in [0.15, 0.2) is 0 Å². The average Bonchev–Trinajstić information content (AvgIpc) is 2.20. The van der Waals surface area contributed by atoms with E-state index in [0.717, 1.165) is 22.5 Å². The van der Waals surface area contributed by atoms with Crippen LogP contribution in [0.4, 0.5) is 0 Å². The monoisotopic (exact) mass is 255 g/mol. The molecule has 0 aliphatic carbocycles. The fraction of sp³-hybridized carbons (Fsp3) is 0.300. The van der Waals surface area contributed by atoms with Gasteiger partial charge in [-0.25, -0.2) is 4.98 Å². The van der Waals surface area contributed by atoms with Crippen molar-refractivity contribution in [3.05, 3.63) is 40.9 Å². The third kappa shape index (κ3) is 3.03. The fourth-order valence-electron chi connectivity index (χ4n) is 1.06. The predicted molar refractivity (Wildman–Crippen MR) is 61.6 cm³/mol. The van der Waals surface area contributed by atoms with Gasteiger partial charge in [-0.2, -0.15) is 0 Å². The van der Waals surface area contributed by atoms with Crippen LogP contribution in [-0.4, -0.2) is 24.0 Å². The zero-order chi connectivity index (χ0) is 10.6. The molecule has 14 heavy (non-hydrogen) atoms. The number of halogens is 1. The van der Waals surface area contributed by atoms with Crippen molar-refractivity contribution in [2.75, 3.05) is 14.1 Å². The van der Waals surface area contributed by atoms with E-state index in [1.807, 2.05) is 37.3 Å². The Morgan fingerprint density at radius 2 is 2.36 bits per heavy atom. The number of nitrogens with zero attached hydrogens (tertiary/aromatic N) is 2. The van der Waals surface area contributed by atoms with Crippen LogP contribution in [0.2, 0.25) is 0 Å². The molecule has 0 saturated carbocycles. The molecule has 0 aliphatic heterocycles. The number of aromatic nitrogens is 1. The second kappa shape index (κ2) is 5.00. The van der Waals surface area contributed by atoms with Gasteiger partial charge in [0.05, 0.1) is 5.82 Å². The molecule has 1 aromatic heterocycles. The minimum absolute atomic E-state index is 0.806. The molecule has 1 heterocycles. The molecule has 76 valence electrons. The summed E-state index contributed by atoms with van der Waals surface area (Å²) in [6.07, 6.45) is 1.85. The summed E-state index contributed by atoms with van der Waals surface area (Å²) in [4.78, 5) is 6.19. The Labute approximate surface area is 93.0 Å². The summed E-state index contributed by atoms with van der Waals surface area (Å²) in [5, 5.41) is 3.00. The second-order valence-corrected chi connectivity index (χ2v) is 3.85. The summed E-state index contributed by atoms with van der Waals surface area (Å²) in [7, 11) is 3.85. The van der Waals surface area contributed by atoms with Crippen LogP contribution < -0.4 is 5.32 Å². The van der Waals surface area contributed by atoms with E-state index in [1.165, 1.54) is 0 Å². The van der Waals surface area contributed by atoms with Crippen LogP contribution in [0.1, 0.15) is 5.56 Å². The number of hydrogen-bond acceptors (Lipinski definition) is 3. The first-order chi connectivity index (χ1) is 6.63. The van der Waals surface area contributed by atoms with Gasteiger partial charge in [-0.05, 0) is 27.6 Å². The quantitative estimate of drug-likeness (QED) is 0.835. The minimum Gasteiger partial charge on any atom is -0.375 e. The van der Waals surface area contributed by atoms with Crippen molar-refractivity contribution in [2.45, 2.75) is 6.54 Å². The Morgan fingerprint density at radius 3 is 2.86 bits per heavy atom. The van der Waals surface area contributed by atoms with Crippen molar-refractivity contribution in [3.63, 3.8) is 0 Å². The molecule has 0 bridgehead atoms. The molecule has 0 spiro atoms. The van der Waals surface area contributed by atoms with Gasteiger partial charge in [0, 0.05) is 26.8 Å². The first kappa shape index (κ1) is 11.0. The lowest BCUT2D eigenvalue weighted by Gasteiger charge is -2.20. The first-order valence-corrected chi connectivity index (χ1v) is 5.11. The van der Waals surface area contributed by atoms with Gasteiger partial charge in [-0.1, -0.05) is 12.6 Å². The summed E-state index contributed by atoms with van der Waals surface area (Å²) in [5.41, 5.74) is 1.16. The molecule has 1 aromatic rings. The molecule has 0 radical (unpaired) electrons. The Bertz CT molecular complexity index is 308. The van der Waals surface area contributed by atoms with Crippen LogP contribution in [0.3, 0.4) is 0 Å². The lowest BCUT2D eigenvalue weighted by molar-refractivity contribution is 0.387. The summed E-state index contributed by atoms with van der Waals surface area (Å²) in [6.45, 7) is 4.68. The van der Waals surface area contributed by atoms with Crippen LogP contribution in [0, 0.1) is 0 Å². The van der Waals surface area contributed by atoms with Gasteiger partial charge < -0.3 is 10.2 Å². The van der Waals surface area contributed by atoms with Gasteiger partial charge >= 0.3 is 0 Å². The van der Waals surface area contributed by atoms with E-state index in [4.69, 9.17) is 0 Å². The fourth-order valence-corrected chi connectivity index (χ4v) is 1.29. The molecule has 1 rings (SSSR count). The molecule has 0 unspecified atom stereocenters. The highest BCUT2D eigenvalue weighted by molar-refractivity contribution is 9.10. The van der Waals surface area contributed by atoms with E-state index in [9.17, 15) is 0 Å². The smallest absolute Gasteiger partial charge is 0.106 e. The van der Waals surface area contributed by atoms with Gasteiger partial charge in [0.25, 0.3) is 0 Å². The molecule has 0 aromatic carbocycles. The summed E-state index contributed by atoms with van der Waals surface area (Å²) in [5.74, 6) is 0.896. The van der Waals surface area contributed by atoms with Crippen molar-refractivity contribution >= 4 is 15.9 Å². The van der Waals surface area contributed by atoms with Gasteiger partial charge in [0.1, 0.15) is 4.60 Å². The van der Waals surface area contributed by atoms with E-state index in [0.29, 0.717) is 0 Å².